The Kier molecular flexibility index (Phi) is 7.40. The van der Waals surface area contributed by atoms with Crippen molar-refractivity contribution in [1.82, 2.24) is 14.5 Å². The summed E-state index contributed by atoms with van der Waals surface area (Å²) < 4.78 is 41.6. The molecule has 0 bridgehead atoms. The molecule has 2 fully saturated rings. The first kappa shape index (κ1) is 25.3. The van der Waals surface area contributed by atoms with Crippen molar-refractivity contribution >= 4 is 38.8 Å². The molecule has 5 rings (SSSR count). The van der Waals surface area contributed by atoms with Crippen LogP contribution in [0, 0.1) is 0 Å². The highest BCUT2D eigenvalue weighted by Crippen LogP contribution is 2.35. The van der Waals surface area contributed by atoms with Crippen LogP contribution in [0.2, 0.25) is 0 Å². The molecule has 1 N–H and O–H groups in total. The molecule has 2 heterocycles. The van der Waals surface area contributed by atoms with Crippen molar-refractivity contribution in [2.24, 2.45) is 0 Å². The minimum Gasteiger partial charge on any atom is -0.307 e. The number of fused-ring (bicyclic) bond motifs is 1. The molecule has 1 aliphatic heterocycles. The van der Waals surface area contributed by atoms with Gasteiger partial charge in [0.15, 0.2) is 0 Å². The average molecular weight is 563 g/mol. The van der Waals surface area contributed by atoms with Gasteiger partial charge in [-0.1, -0.05) is 47.3 Å². The van der Waals surface area contributed by atoms with Crippen LogP contribution in [0.1, 0.15) is 72.5 Å². The number of anilines is 1. The highest BCUT2D eigenvalue weighted by Gasteiger charge is 2.31. The van der Waals surface area contributed by atoms with E-state index >= 15 is 0 Å². The normalized spacial score (nSPS) is 18.6. The van der Waals surface area contributed by atoms with E-state index in [1.807, 2.05) is 0 Å². The summed E-state index contributed by atoms with van der Waals surface area (Å²) in [6, 6.07) is 11.0. The number of alkyl halides is 4. The van der Waals surface area contributed by atoms with Crippen molar-refractivity contribution in [3.63, 3.8) is 0 Å². The van der Waals surface area contributed by atoms with Gasteiger partial charge in [0.05, 0.1) is 16.6 Å². The van der Waals surface area contributed by atoms with E-state index in [0.717, 1.165) is 81.3 Å². The maximum Gasteiger partial charge on any atom is 0.416 e. The van der Waals surface area contributed by atoms with E-state index in [1.165, 1.54) is 24.1 Å². The monoisotopic (exact) mass is 562 g/mol. The number of halogens is 4. The molecule has 0 unspecified atom stereocenters. The fraction of sp³-hybridized carbons (Fsp3) is 0.481. The number of likely N-dealkylation sites (tertiary alicyclic amines) is 1. The number of carbonyl (C=O) groups is 1. The molecule has 2 aromatic carbocycles. The summed E-state index contributed by atoms with van der Waals surface area (Å²) in [5, 5.41) is 2.83. The van der Waals surface area contributed by atoms with Crippen LogP contribution in [-0.2, 0) is 12.7 Å². The Morgan fingerprint density at radius 2 is 1.78 bits per heavy atom. The second-order valence-corrected chi connectivity index (χ2v) is 11.2. The lowest BCUT2D eigenvalue weighted by atomic mass is 9.95. The topological polar surface area (TPSA) is 50.2 Å². The molecule has 36 heavy (non-hydrogen) atoms. The predicted molar refractivity (Wildman–Crippen MR) is 138 cm³/mol. The smallest absolute Gasteiger partial charge is 0.307 e. The minimum absolute atomic E-state index is 0.0389. The molecule has 0 atom stereocenters. The molecular weight excluding hydrogens is 533 g/mol. The third-order valence-electron chi connectivity index (χ3n) is 7.29. The van der Waals surface area contributed by atoms with Crippen LogP contribution in [0.3, 0.4) is 0 Å². The maximum absolute atomic E-state index is 13.2. The summed E-state index contributed by atoms with van der Waals surface area (Å²) in [6.45, 7) is 2.93. The standard InChI is InChI=1S/C27H30BrF3N4O/c28-21-11-13-34(14-12-21)17-18-9-10-24-23(15-18)32-26(35(24)22-7-2-1-3-8-22)33-25(36)19-5-4-6-20(16-19)27(29,30)31/h4-6,9-10,15-16,21-22H,1-3,7-8,11-14,17H2,(H,32,33,36). The predicted octanol–water partition coefficient (Wildman–Crippen LogP) is 7.17. The van der Waals surface area contributed by atoms with Crippen LogP contribution < -0.4 is 5.32 Å². The van der Waals surface area contributed by atoms with Gasteiger partial charge in [0.2, 0.25) is 5.95 Å². The van der Waals surface area contributed by atoms with Gasteiger partial charge in [-0.3, -0.25) is 15.0 Å². The summed E-state index contributed by atoms with van der Waals surface area (Å²) >= 11 is 3.70. The molecule has 2 aliphatic rings. The number of piperidine rings is 1. The summed E-state index contributed by atoms with van der Waals surface area (Å²) in [7, 11) is 0. The quantitative estimate of drug-likeness (QED) is 0.335. The molecule has 0 radical (unpaired) electrons. The molecule has 3 aromatic rings. The van der Waals surface area contributed by atoms with Crippen molar-refractivity contribution < 1.29 is 18.0 Å². The lowest BCUT2D eigenvalue weighted by Gasteiger charge is -2.29. The molecule has 1 aliphatic carbocycles. The first-order chi connectivity index (χ1) is 17.3. The maximum atomic E-state index is 13.2. The van der Waals surface area contributed by atoms with Gasteiger partial charge in [0, 0.05) is 23.0 Å². The zero-order valence-electron chi connectivity index (χ0n) is 20.0. The Morgan fingerprint density at radius 3 is 2.50 bits per heavy atom. The van der Waals surface area contributed by atoms with Gasteiger partial charge in [-0.05, 0) is 74.7 Å². The highest BCUT2D eigenvalue weighted by molar-refractivity contribution is 9.09. The number of imidazole rings is 1. The minimum atomic E-state index is -4.51. The van der Waals surface area contributed by atoms with Crippen LogP contribution >= 0.6 is 15.9 Å². The summed E-state index contributed by atoms with van der Waals surface area (Å²) in [5.41, 5.74) is 2.03. The van der Waals surface area contributed by atoms with Crippen molar-refractivity contribution in [1.29, 1.82) is 0 Å². The van der Waals surface area contributed by atoms with Gasteiger partial charge in [0.1, 0.15) is 0 Å². The van der Waals surface area contributed by atoms with E-state index in [9.17, 15) is 18.0 Å². The molecule has 5 nitrogen and oxygen atoms in total. The number of hydrogen-bond acceptors (Lipinski definition) is 3. The molecule has 0 spiro atoms. The van der Waals surface area contributed by atoms with Crippen LogP contribution in [0.4, 0.5) is 19.1 Å². The molecule has 192 valence electrons. The van der Waals surface area contributed by atoms with Gasteiger partial charge >= 0.3 is 6.18 Å². The number of carbonyl (C=O) groups excluding carboxylic acids is 1. The number of nitrogens with one attached hydrogen (secondary N) is 1. The SMILES string of the molecule is O=C(Nc1nc2cc(CN3CCC(Br)CC3)ccc2n1C1CCCCC1)c1cccc(C(F)(F)F)c1. The van der Waals surface area contributed by atoms with E-state index in [-0.39, 0.29) is 11.6 Å². The average Bonchev–Trinajstić information content (AvgIpc) is 3.22. The first-order valence-electron chi connectivity index (χ1n) is 12.6. The fourth-order valence-corrected chi connectivity index (χ4v) is 5.78. The second kappa shape index (κ2) is 10.5. The van der Waals surface area contributed by atoms with Gasteiger partial charge < -0.3 is 4.57 Å². The third-order valence-corrected chi connectivity index (χ3v) is 8.21. The summed E-state index contributed by atoms with van der Waals surface area (Å²) in [6.07, 6.45) is 3.12. The zero-order chi connectivity index (χ0) is 25.3. The van der Waals surface area contributed by atoms with Crippen LogP contribution in [0.15, 0.2) is 42.5 Å². The Hall–Kier alpha value is -2.39. The Morgan fingerprint density at radius 1 is 1.03 bits per heavy atom. The molecule has 9 heteroatoms. The van der Waals surface area contributed by atoms with Crippen molar-refractivity contribution in [2.45, 2.75) is 68.5 Å². The van der Waals surface area contributed by atoms with E-state index in [2.05, 4.69) is 48.9 Å². The molecule has 1 aromatic heterocycles. The van der Waals surface area contributed by atoms with E-state index in [1.54, 1.807) is 0 Å². The Bertz CT molecular complexity index is 1230. The molecule has 1 amide bonds. The number of aromatic nitrogens is 2. The van der Waals surface area contributed by atoms with E-state index < -0.39 is 17.6 Å². The molecular formula is C27H30BrF3N4O. The largest absolute Gasteiger partial charge is 0.416 e. The number of amides is 1. The number of benzene rings is 2. The second-order valence-electron chi connectivity index (χ2n) is 9.90. The first-order valence-corrected chi connectivity index (χ1v) is 13.6. The number of rotatable bonds is 5. The van der Waals surface area contributed by atoms with Crippen LogP contribution in [-0.4, -0.2) is 38.3 Å². The third kappa shape index (κ3) is 5.62. The lowest BCUT2D eigenvalue weighted by Crippen LogP contribution is -2.33. The Labute approximate surface area is 217 Å². The summed E-state index contributed by atoms with van der Waals surface area (Å²) in [5.74, 6) is -0.192. The summed E-state index contributed by atoms with van der Waals surface area (Å²) in [4.78, 5) is 20.8. The van der Waals surface area contributed by atoms with Crippen molar-refractivity contribution in [3.05, 3.63) is 59.2 Å². The fourth-order valence-electron chi connectivity index (χ4n) is 5.37. The molecule has 1 saturated carbocycles. The van der Waals surface area contributed by atoms with Gasteiger partial charge in [0.25, 0.3) is 5.91 Å². The number of nitrogens with zero attached hydrogens (tertiary/aromatic N) is 3. The Balaban J connectivity index is 1.44. The van der Waals surface area contributed by atoms with Gasteiger partial charge in [-0.25, -0.2) is 4.98 Å². The zero-order valence-corrected chi connectivity index (χ0v) is 21.6. The lowest BCUT2D eigenvalue weighted by molar-refractivity contribution is -0.137. The van der Waals surface area contributed by atoms with Crippen LogP contribution in [0.5, 0.6) is 0 Å². The molecule has 1 saturated heterocycles. The highest BCUT2D eigenvalue weighted by atomic mass is 79.9. The number of hydrogen-bond donors (Lipinski definition) is 1. The van der Waals surface area contributed by atoms with Crippen LogP contribution in [0.25, 0.3) is 11.0 Å². The van der Waals surface area contributed by atoms with E-state index in [4.69, 9.17) is 4.98 Å². The van der Waals surface area contributed by atoms with Crippen molar-refractivity contribution in [2.75, 3.05) is 18.4 Å². The van der Waals surface area contributed by atoms with Crippen molar-refractivity contribution in [3.8, 4) is 0 Å². The van der Waals surface area contributed by atoms with E-state index in [0.29, 0.717) is 10.8 Å². The van der Waals surface area contributed by atoms with Gasteiger partial charge in [-0.2, -0.15) is 13.2 Å². The van der Waals surface area contributed by atoms with Gasteiger partial charge in [-0.15, -0.1) is 0 Å².